The molecule has 2 aromatic carbocycles. The van der Waals surface area contributed by atoms with E-state index in [1.807, 2.05) is 71.7 Å². The first-order chi connectivity index (χ1) is 14.1. The molecule has 0 bridgehead atoms. The molecule has 2 atom stereocenters. The van der Waals surface area contributed by atoms with Crippen LogP contribution in [-0.2, 0) is 9.59 Å². The van der Waals surface area contributed by atoms with Crippen LogP contribution in [0, 0.1) is 0 Å². The maximum absolute atomic E-state index is 11.6. The molecule has 0 aliphatic heterocycles. The number of hydrogen-bond donors (Lipinski definition) is 0. The van der Waals surface area contributed by atoms with Crippen LogP contribution in [0.4, 0.5) is 0 Å². The number of ketones is 2. The Morgan fingerprint density at radius 1 is 0.655 bits per heavy atom. The van der Waals surface area contributed by atoms with Gasteiger partial charge in [-0.3, -0.25) is 9.59 Å². The number of carbonyl (C=O) groups excluding carboxylic acids is 2. The van der Waals surface area contributed by atoms with Crippen LogP contribution in [0.15, 0.2) is 60.7 Å². The van der Waals surface area contributed by atoms with Crippen LogP contribution >= 0.6 is 35.3 Å². The van der Waals surface area contributed by atoms with Crippen molar-refractivity contribution >= 4 is 46.9 Å². The molecule has 0 spiro atoms. The molecular weight excluding hydrogens is 416 g/mol. The van der Waals surface area contributed by atoms with E-state index in [2.05, 4.69) is 24.3 Å². The van der Waals surface area contributed by atoms with E-state index >= 15 is 0 Å². The van der Waals surface area contributed by atoms with Crippen LogP contribution in [0.2, 0.25) is 0 Å². The lowest BCUT2D eigenvalue weighted by Gasteiger charge is -2.16. The van der Waals surface area contributed by atoms with Gasteiger partial charge in [0.1, 0.15) is 11.6 Å². The Morgan fingerprint density at radius 2 is 1.03 bits per heavy atom. The quantitative estimate of drug-likeness (QED) is 0.304. The Balaban J connectivity index is 1.69. The van der Waals surface area contributed by atoms with E-state index in [9.17, 15) is 9.59 Å². The smallest absolute Gasteiger partial charge is 0.131 e. The van der Waals surface area contributed by atoms with E-state index in [1.165, 1.54) is 11.1 Å². The average Bonchev–Trinajstić information content (AvgIpc) is 2.72. The SMILES string of the molecule is CC(=O)C[C@H](SCCSCCS[C@H](CC(C)=O)c1ccccc1)c1ccccc1. The highest BCUT2D eigenvalue weighted by molar-refractivity contribution is 8.04. The zero-order valence-electron chi connectivity index (χ0n) is 17.2. The van der Waals surface area contributed by atoms with E-state index in [0.717, 1.165) is 23.0 Å². The Hall–Kier alpha value is -1.17. The van der Waals surface area contributed by atoms with Crippen molar-refractivity contribution < 1.29 is 9.59 Å². The van der Waals surface area contributed by atoms with Gasteiger partial charge in [0.2, 0.25) is 0 Å². The maximum atomic E-state index is 11.6. The fraction of sp³-hybridized carbons (Fsp3) is 0.417. The normalized spacial score (nSPS) is 13.0. The van der Waals surface area contributed by atoms with Gasteiger partial charge in [-0.05, 0) is 25.0 Å². The summed E-state index contributed by atoms with van der Waals surface area (Å²) in [5.41, 5.74) is 2.48. The molecule has 0 aliphatic rings. The van der Waals surface area contributed by atoms with Crippen molar-refractivity contribution in [1.82, 2.24) is 0 Å². The summed E-state index contributed by atoms with van der Waals surface area (Å²) >= 11 is 5.71. The van der Waals surface area contributed by atoms with Crippen molar-refractivity contribution in [3.63, 3.8) is 0 Å². The molecule has 0 saturated carbocycles. The largest absolute Gasteiger partial charge is 0.300 e. The van der Waals surface area contributed by atoms with Crippen molar-refractivity contribution in [2.24, 2.45) is 0 Å². The average molecular weight is 447 g/mol. The van der Waals surface area contributed by atoms with Crippen LogP contribution in [0.25, 0.3) is 0 Å². The molecule has 0 unspecified atom stereocenters. The molecule has 0 aliphatic carbocycles. The Bertz CT molecular complexity index is 671. The number of benzene rings is 2. The third-order valence-electron chi connectivity index (χ3n) is 4.38. The highest BCUT2D eigenvalue weighted by atomic mass is 32.2. The Labute approximate surface area is 188 Å². The third-order valence-corrected chi connectivity index (χ3v) is 8.45. The highest BCUT2D eigenvalue weighted by Gasteiger charge is 2.15. The molecule has 0 N–H and O–H groups in total. The van der Waals surface area contributed by atoms with E-state index < -0.39 is 0 Å². The molecule has 5 heteroatoms. The van der Waals surface area contributed by atoms with Gasteiger partial charge in [-0.25, -0.2) is 0 Å². The Kier molecular flexibility index (Phi) is 11.6. The summed E-state index contributed by atoms with van der Waals surface area (Å²) in [4.78, 5) is 23.2. The molecule has 2 rings (SSSR count). The molecule has 0 radical (unpaired) electrons. The number of hydrogen-bond acceptors (Lipinski definition) is 5. The summed E-state index contributed by atoms with van der Waals surface area (Å²) in [6.45, 7) is 3.35. The molecule has 29 heavy (non-hydrogen) atoms. The van der Waals surface area contributed by atoms with Gasteiger partial charge < -0.3 is 0 Å². The van der Waals surface area contributed by atoms with Gasteiger partial charge in [0.25, 0.3) is 0 Å². The van der Waals surface area contributed by atoms with Gasteiger partial charge in [0, 0.05) is 46.4 Å². The second kappa shape index (κ2) is 13.9. The molecule has 0 aromatic heterocycles. The zero-order valence-corrected chi connectivity index (χ0v) is 19.7. The van der Waals surface area contributed by atoms with Crippen molar-refractivity contribution in [2.75, 3.05) is 23.0 Å². The lowest BCUT2D eigenvalue weighted by Crippen LogP contribution is -2.04. The molecular formula is C24H30O2S3. The summed E-state index contributed by atoms with van der Waals surface area (Å²) in [6.07, 6.45) is 1.19. The minimum Gasteiger partial charge on any atom is -0.300 e. The summed E-state index contributed by atoms with van der Waals surface area (Å²) in [5.74, 6) is 4.72. The summed E-state index contributed by atoms with van der Waals surface area (Å²) in [5, 5.41) is 0.503. The van der Waals surface area contributed by atoms with Crippen LogP contribution in [0.5, 0.6) is 0 Å². The van der Waals surface area contributed by atoms with Gasteiger partial charge >= 0.3 is 0 Å². The summed E-state index contributed by atoms with van der Waals surface area (Å²) < 4.78 is 0. The molecule has 156 valence electrons. The minimum atomic E-state index is 0.243. The number of thioether (sulfide) groups is 3. The fourth-order valence-corrected chi connectivity index (χ4v) is 6.89. The minimum absolute atomic E-state index is 0.243. The van der Waals surface area contributed by atoms with Crippen molar-refractivity contribution in [3.05, 3.63) is 71.8 Å². The number of rotatable bonds is 14. The highest BCUT2D eigenvalue weighted by Crippen LogP contribution is 2.34. The van der Waals surface area contributed by atoms with E-state index in [4.69, 9.17) is 0 Å². The maximum Gasteiger partial charge on any atom is 0.131 e. The van der Waals surface area contributed by atoms with Gasteiger partial charge in [-0.1, -0.05) is 60.7 Å². The van der Waals surface area contributed by atoms with E-state index in [-0.39, 0.29) is 22.1 Å². The van der Waals surface area contributed by atoms with E-state index in [0.29, 0.717) is 12.8 Å². The predicted octanol–water partition coefficient (Wildman–Crippen LogP) is 6.63. The molecule has 2 aromatic rings. The third kappa shape index (κ3) is 9.92. The summed E-state index contributed by atoms with van der Waals surface area (Å²) in [7, 11) is 0. The van der Waals surface area contributed by atoms with Crippen molar-refractivity contribution in [3.8, 4) is 0 Å². The van der Waals surface area contributed by atoms with Gasteiger partial charge in [0.05, 0.1) is 0 Å². The topological polar surface area (TPSA) is 34.1 Å². The van der Waals surface area contributed by atoms with Crippen LogP contribution < -0.4 is 0 Å². The molecule has 0 amide bonds. The van der Waals surface area contributed by atoms with E-state index in [1.54, 1.807) is 13.8 Å². The molecule has 0 fully saturated rings. The Morgan fingerprint density at radius 3 is 1.38 bits per heavy atom. The molecule has 2 nitrogen and oxygen atoms in total. The van der Waals surface area contributed by atoms with Crippen molar-refractivity contribution in [2.45, 2.75) is 37.2 Å². The lowest BCUT2D eigenvalue weighted by molar-refractivity contribution is -0.117. The second-order valence-electron chi connectivity index (χ2n) is 6.96. The monoisotopic (exact) mass is 446 g/mol. The standard InChI is InChI=1S/C24H30O2S3/c1-19(25)17-23(21-9-5-3-6-10-21)28-15-13-27-14-16-29-24(18-20(2)26)22-11-7-4-8-12-22/h3-12,23-24H,13-18H2,1-2H3/t23-,24+. The van der Waals surface area contributed by atoms with Crippen LogP contribution in [0.1, 0.15) is 48.3 Å². The number of Topliss-reactive ketones (excluding diaryl/α,β-unsaturated/α-hetero) is 2. The van der Waals surface area contributed by atoms with Gasteiger partial charge in [-0.15, -0.1) is 0 Å². The predicted molar refractivity (Wildman–Crippen MR) is 131 cm³/mol. The zero-order chi connectivity index (χ0) is 20.9. The van der Waals surface area contributed by atoms with Crippen LogP contribution in [0.3, 0.4) is 0 Å². The fourth-order valence-electron chi connectivity index (χ4n) is 3.00. The van der Waals surface area contributed by atoms with Gasteiger partial charge in [0.15, 0.2) is 0 Å². The lowest BCUT2D eigenvalue weighted by atomic mass is 10.1. The molecule has 0 heterocycles. The number of carbonyl (C=O) groups is 2. The van der Waals surface area contributed by atoms with Gasteiger partial charge in [-0.2, -0.15) is 35.3 Å². The first kappa shape index (κ1) is 24.1. The first-order valence-electron chi connectivity index (χ1n) is 9.96. The molecule has 0 saturated heterocycles. The second-order valence-corrected chi connectivity index (χ2v) is 10.8. The van der Waals surface area contributed by atoms with Crippen molar-refractivity contribution in [1.29, 1.82) is 0 Å². The first-order valence-corrected chi connectivity index (χ1v) is 13.2. The summed E-state index contributed by atoms with van der Waals surface area (Å²) in [6, 6.07) is 20.7. The van der Waals surface area contributed by atoms with Crippen LogP contribution in [-0.4, -0.2) is 34.6 Å².